The van der Waals surface area contributed by atoms with E-state index in [0.717, 1.165) is 5.75 Å². The maximum atomic E-state index is 6.25. The summed E-state index contributed by atoms with van der Waals surface area (Å²) in [5, 5.41) is 0. The first-order valence-corrected chi connectivity index (χ1v) is 6.73. The van der Waals surface area contributed by atoms with Gasteiger partial charge < -0.3 is 10.5 Å². The molecule has 0 bridgehead atoms. The van der Waals surface area contributed by atoms with Gasteiger partial charge in [-0.15, -0.1) is 0 Å². The molecule has 0 aromatic heterocycles. The van der Waals surface area contributed by atoms with Crippen LogP contribution in [-0.4, -0.2) is 6.10 Å². The highest BCUT2D eigenvalue weighted by molar-refractivity contribution is 5.29. The summed E-state index contributed by atoms with van der Waals surface area (Å²) in [6, 6.07) is 8.45. The molecular formula is C15H23NO. The van der Waals surface area contributed by atoms with Crippen molar-refractivity contribution >= 4 is 0 Å². The minimum Gasteiger partial charge on any atom is -0.490 e. The molecule has 2 N–H and O–H groups in total. The molecule has 2 unspecified atom stereocenters. The van der Waals surface area contributed by atoms with E-state index in [1.165, 1.54) is 31.2 Å². The van der Waals surface area contributed by atoms with Crippen molar-refractivity contribution in [2.45, 2.75) is 51.7 Å². The molecule has 1 saturated carbocycles. The van der Waals surface area contributed by atoms with E-state index in [1.807, 2.05) is 12.1 Å². The SMILES string of the molecule is CCCC(C)C(N)c1ccc(OC2CC2)cc1. The summed E-state index contributed by atoms with van der Waals surface area (Å²) < 4.78 is 5.73. The summed E-state index contributed by atoms with van der Waals surface area (Å²) >= 11 is 0. The minimum absolute atomic E-state index is 0.143. The number of hydrogen-bond donors (Lipinski definition) is 1. The lowest BCUT2D eigenvalue weighted by molar-refractivity contribution is 0.303. The second-order valence-electron chi connectivity index (χ2n) is 5.18. The van der Waals surface area contributed by atoms with Gasteiger partial charge in [0.25, 0.3) is 0 Å². The van der Waals surface area contributed by atoms with Gasteiger partial charge in [0.2, 0.25) is 0 Å². The first kappa shape index (κ1) is 12.4. The maximum absolute atomic E-state index is 6.25. The predicted octanol–water partition coefficient (Wildman–Crippen LogP) is 3.66. The highest BCUT2D eigenvalue weighted by Gasteiger charge is 2.23. The zero-order valence-corrected chi connectivity index (χ0v) is 10.9. The van der Waals surface area contributed by atoms with Crippen LogP contribution in [-0.2, 0) is 0 Å². The Kier molecular flexibility index (Phi) is 4.06. The molecule has 1 aliphatic rings. The molecule has 2 heteroatoms. The monoisotopic (exact) mass is 233 g/mol. The molecule has 0 radical (unpaired) electrons. The second-order valence-corrected chi connectivity index (χ2v) is 5.18. The van der Waals surface area contributed by atoms with Crippen molar-refractivity contribution in [1.82, 2.24) is 0 Å². The van der Waals surface area contributed by atoms with Gasteiger partial charge in [0.15, 0.2) is 0 Å². The predicted molar refractivity (Wildman–Crippen MR) is 71.1 cm³/mol. The fraction of sp³-hybridized carbons (Fsp3) is 0.600. The van der Waals surface area contributed by atoms with Crippen LogP contribution in [0.1, 0.15) is 51.1 Å². The van der Waals surface area contributed by atoms with Crippen molar-refractivity contribution in [3.8, 4) is 5.75 Å². The van der Waals surface area contributed by atoms with E-state index in [0.29, 0.717) is 12.0 Å². The summed E-state index contributed by atoms with van der Waals surface area (Å²) in [6.45, 7) is 4.43. The smallest absolute Gasteiger partial charge is 0.119 e. The Labute approximate surface area is 104 Å². The third-order valence-electron chi connectivity index (χ3n) is 3.45. The number of hydrogen-bond acceptors (Lipinski definition) is 2. The number of ether oxygens (including phenoxy) is 1. The molecule has 2 nitrogen and oxygen atoms in total. The molecule has 0 aliphatic heterocycles. The van der Waals surface area contributed by atoms with Crippen LogP contribution >= 0.6 is 0 Å². The van der Waals surface area contributed by atoms with Crippen LogP contribution < -0.4 is 10.5 Å². The summed E-state index contributed by atoms with van der Waals surface area (Å²) in [6.07, 6.45) is 5.25. The van der Waals surface area contributed by atoms with Crippen LogP contribution in [0.3, 0.4) is 0 Å². The molecule has 17 heavy (non-hydrogen) atoms. The lowest BCUT2D eigenvalue weighted by Crippen LogP contribution is -2.18. The number of nitrogens with two attached hydrogens (primary N) is 1. The average Bonchev–Trinajstić information content (AvgIpc) is 3.13. The Morgan fingerprint density at radius 3 is 2.47 bits per heavy atom. The molecule has 1 fully saturated rings. The first-order valence-electron chi connectivity index (χ1n) is 6.73. The van der Waals surface area contributed by atoms with Gasteiger partial charge in [0, 0.05) is 6.04 Å². The van der Waals surface area contributed by atoms with Gasteiger partial charge in [0.05, 0.1) is 6.10 Å². The maximum Gasteiger partial charge on any atom is 0.119 e. The van der Waals surface area contributed by atoms with Gasteiger partial charge in [-0.25, -0.2) is 0 Å². The fourth-order valence-electron chi connectivity index (χ4n) is 2.11. The zero-order valence-electron chi connectivity index (χ0n) is 10.9. The zero-order chi connectivity index (χ0) is 12.3. The van der Waals surface area contributed by atoms with E-state index in [9.17, 15) is 0 Å². The van der Waals surface area contributed by atoms with Crippen LogP contribution in [0.5, 0.6) is 5.75 Å². The lowest BCUT2D eigenvalue weighted by Gasteiger charge is -2.20. The molecule has 0 saturated heterocycles. The van der Waals surface area contributed by atoms with Crippen LogP contribution in [0.2, 0.25) is 0 Å². The van der Waals surface area contributed by atoms with Crippen molar-refractivity contribution in [3.63, 3.8) is 0 Å². The first-order chi connectivity index (χ1) is 8.20. The summed E-state index contributed by atoms with van der Waals surface area (Å²) in [7, 11) is 0. The topological polar surface area (TPSA) is 35.2 Å². The molecule has 2 rings (SSSR count). The molecule has 0 heterocycles. The third-order valence-corrected chi connectivity index (χ3v) is 3.45. The van der Waals surface area contributed by atoms with Crippen molar-refractivity contribution in [2.24, 2.45) is 11.7 Å². The molecule has 0 spiro atoms. The standard InChI is InChI=1S/C15H23NO/c1-3-4-11(2)15(16)12-5-7-13(8-6-12)17-14-9-10-14/h5-8,11,14-15H,3-4,9-10,16H2,1-2H3. The number of benzene rings is 1. The summed E-state index contributed by atoms with van der Waals surface area (Å²) in [4.78, 5) is 0. The van der Waals surface area contributed by atoms with E-state index in [-0.39, 0.29) is 6.04 Å². The van der Waals surface area contributed by atoms with Crippen molar-refractivity contribution in [2.75, 3.05) is 0 Å². The van der Waals surface area contributed by atoms with Gasteiger partial charge in [-0.1, -0.05) is 32.4 Å². The van der Waals surface area contributed by atoms with E-state index in [4.69, 9.17) is 10.5 Å². The Morgan fingerprint density at radius 2 is 1.94 bits per heavy atom. The second kappa shape index (κ2) is 5.54. The van der Waals surface area contributed by atoms with Gasteiger partial charge >= 0.3 is 0 Å². The van der Waals surface area contributed by atoms with Gasteiger partial charge in [0.1, 0.15) is 5.75 Å². The highest BCUT2D eigenvalue weighted by Crippen LogP contribution is 2.29. The quantitative estimate of drug-likeness (QED) is 0.813. The Bertz CT molecular complexity index is 342. The van der Waals surface area contributed by atoms with Gasteiger partial charge in [-0.3, -0.25) is 0 Å². The van der Waals surface area contributed by atoms with Crippen LogP contribution in [0.4, 0.5) is 0 Å². The molecule has 0 amide bonds. The van der Waals surface area contributed by atoms with E-state index >= 15 is 0 Å². The molecule has 94 valence electrons. The molecule has 2 atom stereocenters. The largest absolute Gasteiger partial charge is 0.490 e. The van der Waals surface area contributed by atoms with Crippen LogP contribution in [0.15, 0.2) is 24.3 Å². The Hall–Kier alpha value is -1.02. The van der Waals surface area contributed by atoms with E-state index in [2.05, 4.69) is 26.0 Å². The molecule has 1 aromatic rings. The molecule has 1 aliphatic carbocycles. The van der Waals surface area contributed by atoms with E-state index in [1.54, 1.807) is 0 Å². The highest BCUT2D eigenvalue weighted by atomic mass is 16.5. The number of rotatable bonds is 6. The molecule has 1 aromatic carbocycles. The molecular weight excluding hydrogens is 210 g/mol. The third kappa shape index (κ3) is 3.47. The van der Waals surface area contributed by atoms with Crippen LogP contribution in [0.25, 0.3) is 0 Å². The Balaban J connectivity index is 1.95. The van der Waals surface area contributed by atoms with Crippen molar-refractivity contribution < 1.29 is 4.74 Å². The fourth-order valence-corrected chi connectivity index (χ4v) is 2.11. The van der Waals surface area contributed by atoms with Gasteiger partial charge in [-0.05, 0) is 42.9 Å². The average molecular weight is 233 g/mol. The van der Waals surface area contributed by atoms with E-state index < -0.39 is 0 Å². The summed E-state index contributed by atoms with van der Waals surface area (Å²) in [5.41, 5.74) is 7.46. The Morgan fingerprint density at radius 1 is 1.29 bits per heavy atom. The minimum atomic E-state index is 0.143. The van der Waals surface area contributed by atoms with Crippen LogP contribution in [0, 0.1) is 5.92 Å². The summed E-state index contributed by atoms with van der Waals surface area (Å²) in [5.74, 6) is 1.52. The van der Waals surface area contributed by atoms with Crippen molar-refractivity contribution in [3.05, 3.63) is 29.8 Å². The van der Waals surface area contributed by atoms with Crippen molar-refractivity contribution in [1.29, 1.82) is 0 Å². The normalized spacial score (nSPS) is 18.8. The van der Waals surface area contributed by atoms with Gasteiger partial charge in [-0.2, -0.15) is 0 Å². The lowest BCUT2D eigenvalue weighted by atomic mass is 9.92.